The summed E-state index contributed by atoms with van der Waals surface area (Å²) >= 11 is 0. The number of allylic oxidation sites excluding steroid dienone is 13. The van der Waals surface area contributed by atoms with E-state index in [2.05, 4.69) is 46.0 Å². The Kier molecular flexibility index (Phi) is 34.2. The minimum Gasteiger partial charge on any atom is -0.481 e. The van der Waals surface area contributed by atoms with Gasteiger partial charge in [0.05, 0.1) is 79.6 Å². The summed E-state index contributed by atoms with van der Waals surface area (Å²) in [6.07, 6.45) is 20.8. The van der Waals surface area contributed by atoms with Crippen LogP contribution >= 0.6 is 0 Å². The van der Waals surface area contributed by atoms with E-state index < -0.39 is 147 Å². The maximum absolute atomic E-state index is 13.6. The van der Waals surface area contributed by atoms with Crippen LogP contribution in [0.1, 0.15) is 210 Å². The highest BCUT2D eigenvalue weighted by Crippen LogP contribution is 2.67. The Morgan fingerprint density at radius 2 is 1.31 bits per heavy atom. The molecule has 3 saturated carbocycles. The number of rotatable bonds is 16. The van der Waals surface area contributed by atoms with Gasteiger partial charge < -0.3 is 90.1 Å². The molecule has 0 unspecified atom stereocenters. The van der Waals surface area contributed by atoms with Crippen molar-refractivity contribution in [2.45, 2.75) is 314 Å². The number of amides is 2. The number of alkyl carbamates (subject to hydrolysis) is 1. The fourth-order valence-corrected chi connectivity index (χ4v) is 19.5. The smallest absolute Gasteiger partial charge is 0.407 e. The number of carboxylic acids is 1. The summed E-state index contributed by atoms with van der Waals surface area (Å²) in [5, 5.41) is 126. The van der Waals surface area contributed by atoms with Gasteiger partial charge in [0.2, 0.25) is 5.91 Å². The number of hydrogen-bond acceptors (Lipinski definition) is 20. The van der Waals surface area contributed by atoms with Crippen molar-refractivity contribution >= 4 is 23.9 Å². The molecule has 0 aromatic rings. The Morgan fingerprint density at radius 3 is 1.98 bits per heavy atom. The van der Waals surface area contributed by atoms with Crippen LogP contribution in [0.25, 0.3) is 0 Å². The predicted octanol–water partition coefficient (Wildman–Crippen LogP) is 9.59. The van der Waals surface area contributed by atoms with Gasteiger partial charge in [0.15, 0.2) is 12.1 Å². The van der Waals surface area contributed by atoms with Gasteiger partial charge in [-0.2, -0.15) is 0 Å². The predicted molar refractivity (Wildman–Crippen MR) is 411 cm³/mol. The number of aliphatic carboxylic acids is 1. The van der Waals surface area contributed by atoms with Gasteiger partial charge in [-0.3, -0.25) is 19.3 Å². The third kappa shape index (κ3) is 24.5. The van der Waals surface area contributed by atoms with E-state index in [1.165, 1.54) is 50.5 Å². The molecule has 4 aliphatic carbocycles. The molecule has 12 N–H and O–H groups in total. The first-order chi connectivity index (χ1) is 51.3. The second-order valence-corrected chi connectivity index (χ2v) is 34.2. The summed E-state index contributed by atoms with van der Waals surface area (Å²) in [4.78, 5) is 56.2. The van der Waals surface area contributed by atoms with Crippen molar-refractivity contribution in [2.75, 3.05) is 32.7 Å². The molecule has 2 bridgehead atoms. The molecule has 27 atom stereocenters. The third-order valence-corrected chi connectivity index (χ3v) is 25.9. The number of cyclic esters (lactones) is 1. The molecule has 3 saturated heterocycles. The van der Waals surface area contributed by atoms with Crippen LogP contribution in [0.4, 0.5) is 4.79 Å². The largest absolute Gasteiger partial charge is 0.481 e. The van der Waals surface area contributed by atoms with Crippen LogP contribution in [0.15, 0.2) is 96.7 Å². The molecule has 8 aliphatic rings. The van der Waals surface area contributed by atoms with Gasteiger partial charge in [-0.1, -0.05) is 171 Å². The Morgan fingerprint density at radius 1 is 0.648 bits per heavy atom. The van der Waals surface area contributed by atoms with Crippen LogP contribution in [-0.2, 0) is 38.1 Å². The number of carbonyl (C=O) groups is 4. The Hall–Kier alpha value is -4.96. The molecular formula is C85H135N3O20. The quantitative estimate of drug-likeness (QED) is 0.0388. The minimum absolute atomic E-state index is 0.0224. The Balaban J connectivity index is 0.832. The third-order valence-electron chi connectivity index (χ3n) is 25.9. The van der Waals surface area contributed by atoms with E-state index in [1.807, 2.05) is 42.2 Å². The van der Waals surface area contributed by atoms with Gasteiger partial charge >= 0.3 is 18.0 Å². The van der Waals surface area contributed by atoms with Crippen molar-refractivity contribution in [3.63, 3.8) is 0 Å². The van der Waals surface area contributed by atoms with Crippen LogP contribution in [0.2, 0.25) is 0 Å². The summed E-state index contributed by atoms with van der Waals surface area (Å²) in [7, 11) is 0. The highest BCUT2D eigenvalue weighted by molar-refractivity contribution is 5.76. The normalized spacial score (nSPS) is 40.1. The minimum atomic E-state index is -2.38. The van der Waals surface area contributed by atoms with Crippen LogP contribution < -0.4 is 5.32 Å². The van der Waals surface area contributed by atoms with Crippen molar-refractivity contribution in [1.29, 1.82) is 0 Å². The maximum Gasteiger partial charge on any atom is 0.407 e. The fourth-order valence-electron chi connectivity index (χ4n) is 19.5. The van der Waals surface area contributed by atoms with Crippen LogP contribution in [0, 0.1) is 64.1 Å². The molecule has 6 fully saturated rings. The van der Waals surface area contributed by atoms with Crippen molar-refractivity contribution < 1.29 is 99.0 Å². The maximum atomic E-state index is 13.6. The number of esters is 1. The second kappa shape index (κ2) is 41.7. The number of nitrogens with one attached hydrogen (secondary N) is 1. The van der Waals surface area contributed by atoms with Crippen molar-refractivity contribution in [3.8, 4) is 0 Å². The first kappa shape index (κ1) is 88.6. The van der Waals surface area contributed by atoms with Gasteiger partial charge in [0.25, 0.3) is 0 Å². The van der Waals surface area contributed by atoms with E-state index >= 15 is 0 Å². The zero-order chi connectivity index (χ0) is 78.6. The molecule has 23 nitrogen and oxygen atoms in total. The topological polar surface area (TPSA) is 355 Å². The zero-order valence-electron chi connectivity index (χ0n) is 65.9. The number of piperazine rings is 1. The van der Waals surface area contributed by atoms with Gasteiger partial charge in [-0.05, 0) is 137 Å². The van der Waals surface area contributed by atoms with E-state index in [0.29, 0.717) is 63.3 Å². The van der Waals surface area contributed by atoms with E-state index in [-0.39, 0.29) is 55.1 Å². The monoisotopic (exact) mass is 1520 g/mol. The lowest BCUT2D eigenvalue weighted by Crippen LogP contribution is -2.66. The van der Waals surface area contributed by atoms with E-state index in [1.54, 1.807) is 80.4 Å². The first-order valence-corrected chi connectivity index (χ1v) is 40.9. The van der Waals surface area contributed by atoms with Gasteiger partial charge in [0.1, 0.15) is 24.2 Å². The molecule has 2 amide bonds. The highest BCUT2D eigenvalue weighted by atomic mass is 16.7. The summed E-state index contributed by atoms with van der Waals surface area (Å²) in [5.74, 6) is -2.40. The molecule has 0 spiro atoms. The molecule has 4 aliphatic heterocycles. The Bertz CT molecular complexity index is 3090. The molecule has 8 rings (SSSR count). The van der Waals surface area contributed by atoms with Gasteiger partial charge in [-0.25, -0.2) is 4.79 Å². The number of nitrogens with zero attached hydrogens (tertiary/aromatic N) is 2. The SMILES string of the molecule is CC(C)CCC[C@@H](C)[C@H]1CC[C@H]2[C@@H]3CC=C4C[C@@H](OC(=O)NCCCCCC(=O)N5CCN([C@@H]6[C@H](O)[C@H](O[C@H]7C=CC=CC=CC=CC=CC=CC=C[C@H](C)[C@@H](O)[C@@H](C)[C@H](C)OC(=O)C[C@H](O)C[C@H](O)CC[C@@H](O)[C@H](O)C[C@H](O)C[C@]8(O)C[C@H](O)[C@@H](C(=O)O)[C@H](C7)O8)O[C@H](C)[C@H]6O)CC5)CC[C@]4(C)[C@H]3CC[C@]12C. The number of aliphatic hydroxyl groups excluding tert-OH is 9. The van der Waals surface area contributed by atoms with Crippen LogP contribution in [0.5, 0.6) is 0 Å². The lowest BCUT2D eigenvalue weighted by molar-refractivity contribution is -0.312. The fraction of sp³-hybridized carbons (Fsp3) is 0.765. The lowest BCUT2D eigenvalue weighted by Gasteiger charge is -2.58. The molecule has 4 heterocycles. The van der Waals surface area contributed by atoms with Crippen LogP contribution in [0.3, 0.4) is 0 Å². The zero-order valence-corrected chi connectivity index (χ0v) is 65.9. The number of fused-ring (bicyclic) bond motifs is 7. The molecule has 0 radical (unpaired) electrons. The van der Waals surface area contributed by atoms with E-state index in [9.17, 15) is 75.3 Å². The molecule has 108 heavy (non-hydrogen) atoms. The summed E-state index contributed by atoms with van der Waals surface area (Å²) in [6, 6.07) is -0.932. The summed E-state index contributed by atoms with van der Waals surface area (Å²) in [5.41, 5.74) is 2.10. The molecule has 0 aromatic heterocycles. The highest BCUT2D eigenvalue weighted by Gasteiger charge is 2.60. The summed E-state index contributed by atoms with van der Waals surface area (Å²) in [6.45, 7) is 20.9. The number of unbranched alkanes of at least 4 members (excludes halogenated alkanes) is 2. The van der Waals surface area contributed by atoms with Crippen LogP contribution in [-0.4, -0.2) is 226 Å². The standard InChI is InChI=1S/C85H135N3O20/c1-53(2)26-25-28-54(3)66-34-35-67-65-33-31-59-46-64(37-39-83(59,8)68(65)38-40-84(66,67)9)107-82(102)86-41-24-20-23-30-73(95)87-42-44-88(45-43-87)76-78(98)58(7)105-81(79(76)99)106-63-29-22-19-17-15-13-11-10-12-14-16-18-21-27-55(4)77(97)56(5)57(6)104-74(96)49-61(90)47-60(89)32-36-69(92)70(93)48-62(91)51-85(103)52-71(94)75(80(100)101)72(50-63)108-85/h10-19,21-22,27,29,31,53-58,60-72,75-79,81,89-94,97-99,103H,20,23-26,28,30,32-52H2,1-9H3,(H,86,102)(H,100,101)/t54-,55+,56+,57+,58-,60-,61-,62+,63+,64+,65+,66-,67+,68+,69-,70-,71+,72+,75-,76+,77-,78-,79+,81+,83+,84-,85-/m1/s1. The average molecular weight is 1520 g/mol. The Labute approximate surface area is 642 Å². The molecule has 23 heteroatoms. The summed E-state index contributed by atoms with van der Waals surface area (Å²) < 4.78 is 30.4. The van der Waals surface area contributed by atoms with Crippen molar-refractivity contribution in [3.05, 3.63) is 96.7 Å². The van der Waals surface area contributed by atoms with E-state index in [0.717, 1.165) is 61.7 Å². The number of aliphatic hydroxyl groups is 10. The van der Waals surface area contributed by atoms with Gasteiger partial charge in [0, 0.05) is 83.1 Å². The van der Waals surface area contributed by atoms with Crippen molar-refractivity contribution in [1.82, 2.24) is 15.1 Å². The second-order valence-electron chi connectivity index (χ2n) is 34.2. The number of ether oxygens (including phenoxy) is 5. The number of carboxylic acid groups (broad SMARTS) is 1. The van der Waals surface area contributed by atoms with Gasteiger partial charge in [-0.15, -0.1) is 0 Å². The molecule has 610 valence electrons. The lowest BCUT2D eigenvalue weighted by atomic mass is 9.47. The number of carbonyl (C=O) groups excluding carboxylic acids is 3. The number of hydrogen-bond donors (Lipinski definition) is 12. The van der Waals surface area contributed by atoms with E-state index in [4.69, 9.17) is 23.7 Å². The molecular weight excluding hydrogens is 1380 g/mol. The average Bonchev–Trinajstić information content (AvgIpc) is 1.32. The first-order valence-electron chi connectivity index (χ1n) is 40.9. The van der Waals surface area contributed by atoms with Crippen molar-refractivity contribution in [2.24, 2.45) is 64.1 Å². The molecule has 0 aromatic carbocycles.